The van der Waals surface area contributed by atoms with E-state index in [0.717, 1.165) is 5.56 Å². The summed E-state index contributed by atoms with van der Waals surface area (Å²) in [6.07, 6.45) is 1.80. The second-order valence-electron chi connectivity index (χ2n) is 5.88. The van der Waals surface area contributed by atoms with E-state index < -0.39 is 17.7 Å². The Hall–Kier alpha value is -2.68. The zero-order valence-corrected chi connectivity index (χ0v) is 13.2. The van der Waals surface area contributed by atoms with Gasteiger partial charge in [0.2, 0.25) is 11.6 Å². The predicted molar refractivity (Wildman–Crippen MR) is 88.7 cm³/mol. The molecule has 0 amide bonds. The van der Waals surface area contributed by atoms with Crippen LogP contribution in [0.2, 0.25) is 0 Å². The van der Waals surface area contributed by atoms with Crippen LogP contribution in [0.5, 0.6) is 5.75 Å². The number of ketones is 2. The fraction of sp³-hybridized carbons (Fsp3) is 0.200. The Morgan fingerprint density at radius 3 is 2.48 bits per heavy atom. The second-order valence-corrected chi connectivity index (χ2v) is 5.88. The van der Waals surface area contributed by atoms with Crippen LogP contribution < -0.4 is 4.74 Å². The van der Waals surface area contributed by atoms with Crippen LogP contribution in [0.4, 0.5) is 0 Å². The van der Waals surface area contributed by atoms with E-state index in [1.807, 2.05) is 50.3 Å². The molecular formula is C20H18O3. The van der Waals surface area contributed by atoms with Crippen LogP contribution in [0.1, 0.15) is 41.4 Å². The summed E-state index contributed by atoms with van der Waals surface area (Å²) in [7, 11) is 0. The molecule has 3 nitrogen and oxygen atoms in total. The zero-order valence-electron chi connectivity index (χ0n) is 13.2. The monoisotopic (exact) mass is 306 g/mol. The van der Waals surface area contributed by atoms with Crippen molar-refractivity contribution >= 4 is 11.6 Å². The molecular weight excluding hydrogens is 288 g/mol. The number of hydrogen-bond acceptors (Lipinski definition) is 3. The van der Waals surface area contributed by atoms with Gasteiger partial charge in [0.15, 0.2) is 6.10 Å². The second kappa shape index (κ2) is 6.21. The van der Waals surface area contributed by atoms with Crippen LogP contribution in [-0.4, -0.2) is 11.6 Å². The molecule has 23 heavy (non-hydrogen) atoms. The van der Waals surface area contributed by atoms with Gasteiger partial charge < -0.3 is 4.74 Å². The molecule has 1 unspecified atom stereocenters. The quantitative estimate of drug-likeness (QED) is 0.634. The summed E-state index contributed by atoms with van der Waals surface area (Å²) in [4.78, 5) is 25.1. The van der Waals surface area contributed by atoms with Crippen molar-refractivity contribution in [3.05, 3.63) is 76.9 Å². The average molecular weight is 306 g/mol. The van der Waals surface area contributed by atoms with Crippen LogP contribution in [0, 0.1) is 0 Å². The molecule has 116 valence electrons. The molecule has 0 spiro atoms. The van der Waals surface area contributed by atoms with Crippen LogP contribution >= 0.6 is 0 Å². The van der Waals surface area contributed by atoms with Gasteiger partial charge in [-0.3, -0.25) is 9.59 Å². The molecule has 3 rings (SSSR count). The van der Waals surface area contributed by atoms with E-state index in [1.54, 1.807) is 18.2 Å². The summed E-state index contributed by atoms with van der Waals surface area (Å²) in [6.45, 7) is 4.01. The third kappa shape index (κ3) is 2.95. The van der Waals surface area contributed by atoms with Gasteiger partial charge in [-0.15, -0.1) is 0 Å². The number of carbonyl (C=O) groups excluding carboxylic acids is 2. The summed E-state index contributed by atoms with van der Waals surface area (Å²) < 4.78 is 5.86. The number of rotatable bonds is 3. The molecule has 0 bridgehead atoms. The van der Waals surface area contributed by atoms with Gasteiger partial charge in [0.05, 0.1) is 5.56 Å². The number of fused-ring (bicyclic) bond motifs is 1. The number of carbonyl (C=O) groups is 2. The first-order chi connectivity index (χ1) is 11.1. The van der Waals surface area contributed by atoms with E-state index in [9.17, 15) is 9.59 Å². The number of allylic oxidation sites excluding steroid dienone is 2. The highest BCUT2D eigenvalue weighted by Gasteiger charge is 2.37. The fourth-order valence-corrected chi connectivity index (χ4v) is 2.69. The van der Waals surface area contributed by atoms with Crippen molar-refractivity contribution in [3.63, 3.8) is 0 Å². The van der Waals surface area contributed by atoms with E-state index in [2.05, 4.69) is 0 Å². The third-order valence-corrected chi connectivity index (χ3v) is 3.88. The number of hydrogen-bond donors (Lipinski definition) is 0. The minimum atomic E-state index is -0.852. The van der Waals surface area contributed by atoms with E-state index in [4.69, 9.17) is 4.74 Å². The highest BCUT2D eigenvalue weighted by molar-refractivity contribution is 6.46. The van der Waals surface area contributed by atoms with E-state index in [1.165, 1.54) is 5.57 Å². The van der Waals surface area contributed by atoms with Crippen molar-refractivity contribution in [2.45, 2.75) is 26.4 Å². The van der Waals surface area contributed by atoms with Crippen molar-refractivity contribution < 1.29 is 14.3 Å². The number of ether oxygens (including phenoxy) is 1. The lowest BCUT2D eigenvalue weighted by molar-refractivity contribution is -0.122. The molecule has 1 atom stereocenters. The largest absolute Gasteiger partial charge is 0.477 e. The van der Waals surface area contributed by atoms with Gasteiger partial charge >= 0.3 is 0 Å². The van der Waals surface area contributed by atoms with Crippen LogP contribution in [0.15, 0.2) is 60.2 Å². The summed E-state index contributed by atoms with van der Waals surface area (Å²) >= 11 is 0. The highest BCUT2D eigenvalue weighted by Crippen LogP contribution is 2.35. The Balaban J connectivity index is 2.02. The van der Waals surface area contributed by atoms with Gasteiger partial charge in [-0.1, -0.05) is 54.1 Å². The molecule has 0 fully saturated rings. The maximum Gasteiger partial charge on any atom is 0.248 e. The molecule has 1 aliphatic heterocycles. The first-order valence-corrected chi connectivity index (χ1v) is 7.63. The molecule has 1 aliphatic rings. The normalized spacial score (nSPS) is 16.5. The fourth-order valence-electron chi connectivity index (χ4n) is 2.69. The van der Waals surface area contributed by atoms with E-state index >= 15 is 0 Å². The molecule has 0 N–H and O–H groups in total. The minimum absolute atomic E-state index is 0.405. The first kappa shape index (κ1) is 15.2. The van der Waals surface area contributed by atoms with Crippen molar-refractivity contribution in [3.8, 4) is 5.75 Å². The number of benzene rings is 2. The molecule has 0 saturated heterocycles. The molecule has 0 aliphatic carbocycles. The third-order valence-electron chi connectivity index (χ3n) is 3.88. The Morgan fingerprint density at radius 2 is 1.78 bits per heavy atom. The lowest BCUT2D eigenvalue weighted by atomic mass is 9.91. The van der Waals surface area contributed by atoms with Crippen molar-refractivity contribution in [2.75, 3.05) is 0 Å². The van der Waals surface area contributed by atoms with Gasteiger partial charge in [0.25, 0.3) is 0 Å². The predicted octanol–water partition coefficient (Wildman–Crippen LogP) is 4.08. The summed E-state index contributed by atoms with van der Waals surface area (Å²) in [6, 6.07) is 14.6. The molecule has 2 aromatic rings. The molecule has 2 aromatic carbocycles. The van der Waals surface area contributed by atoms with Crippen molar-refractivity contribution in [2.24, 2.45) is 0 Å². The Bertz CT molecular complexity index is 784. The molecule has 0 saturated carbocycles. The topological polar surface area (TPSA) is 43.4 Å². The first-order valence-electron chi connectivity index (χ1n) is 7.63. The van der Waals surface area contributed by atoms with Crippen LogP contribution in [-0.2, 0) is 11.2 Å². The van der Waals surface area contributed by atoms with E-state index in [0.29, 0.717) is 23.3 Å². The highest BCUT2D eigenvalue weighted by atomic mass is 16.5. The molecule has 0 aromatic heterocycles. The van der Waals surface area contributed by atoms with Crippen molar-refractivity contribution in [1.82, 2.24) is 0 Å². The Labute approximate surface area is 135 Å². The van der Waals surface area contributed by atoms with Gasteiger partial charge in [-0.2, -0.15) is 0 Å². The average Bonchev–Trinajstić information content (AvgIpc) is 2.56. The number of Topliss-reactive ketones (excluding diaryl/α,β-unsaturated/α-hetero) is 2. The Kier molecular flexibility index (Phi) is 4.11. The molecule has 1 heterocycles. The lowest BCUT2D eigenvalue weighted by Crippen LogP contribution is -2.32. The van der Waals surface area contributed by atoms with Crippen LogP contribution in [0.3, 0.4) is 0 Å². The molecule has 0 radical (unpaired) electrons. The van der Waals surface area contributed by atoms with Gasteiger partial charge in [-0.05, 0) is 31.9 Å². The summed E-state index contributed by atoms with van der Waals surface area (Å²) in [5.74, 6) is -0.477. The van der Waals surface area contributed by atoms with Crippen LogP contribution in [0.25, 0.3) is 0 Å². The van der Waals surface area contributed by atoms with Gasteiger partial charge in [-0.25, -0.2) is 0 Å². The minimum Gasteiger partial charge on any atom is -0.477 e. The van der Waals surface area contributed by atoms with Gasteiger partial charge in [0, 0.05) is 5.56 Å². The SMILES string of the molecule is CC(C)=CCc1cccc2c1C(=O)C(=O)C(c1ccccc1)O2. The smallest absolute Gasteiger partial charge is 0.248 e. The maximum atomic E-state index is 12.6. The van der Waals surface area contributed by atoms with E-state index in [-0.39, 0.29) is 0 Å². The summed E-state index contributed by atoms with van der Waals surface area (Å²) in [5, 5.41) is 0. The maximum absolute atomic E-state index is 12.6. The Morgan fingerprint density at radius 1 is 1.04 bits per heavy atom. The standard InChI is InChI=1S/C20H18O3/c1-13(2)11-12-14-9-6-10-16-17(14)18(21)19(22)20(23-16)15-7-4-3-5-8-15/h3-11,20H,12H2,1-2H3. The zero-order chi connectivity index (χ0) is 16.4. The lowest BCUT2D eigenvalue weighted by Gasteiger charge is -2.25. The summed E-state index contributed by atoms with van der Waals surface area (Å²) in [5.41, 5.74) is 3.10. The van der Waals surface area contributed by atoms with Gasteiger partial charge in [0.1, 0.15) is 5.75 Å². The van der Waals surface area contributed by atoms with Crippen molar-refractivity contribution in [1.29, 1.82) is 0 Å². The molecule has 3 heteroatoms.